The average molecular weight is 368 g/mol. The van der Waals surface area contributed by atoms with Gasteiger partial charge in [0.2, 0.25) is 11.8 Å². The Kier molecular flexibility index (Phi) is 4.68. The smallest absolute Gasteiger partial charge is 0.237 e. The van der Waals surface area contributed by atoms with E-state index in [4.69, 9.17) is 5.73 Å². The van der Waals surface area contributed by atoms with E-state index < -0.39 is 5.91 Å². The van der Waals surface area contributed by atoms with Gasteiger partial charge < -0.3 is 15.2 Å². The number of hydrogen-bond donors (Lipinski definition) is 1. The monoisotopic (exact) mass is 368 g/mol. The predicted molar refractivity (Wildman–Crippen MR) is 105 cm³/mol. The molecule has 2 aliphatic rings. The molecule has 2 amide bonds. The summed E-state index contributed by atoms with van der Waals surface area (Å²) in [4.78, 5) is 27.5. The molecule has 0 radical (unpaired) electrons. The second kappa shape index (κ2) is 7.00. The van der Waals surface area contributed by atoms with Gasteiger partial charge in [0.05, 0.1) is 6.54 Å². The summed E-state index contributed by atoms with van der Waals surface area (Å²) < 4.78 is 2.16. The van der Waals surface area contributed by atoms with Crippen LogP contribution in [0, 0.1) is 5.41 Å². The third kappa shape index (κ3) is 3.72. The Hall–Kier alpha value is -2.34. The highest BCUT2D eigenvalue weighted by Crippen LogP contribution is 2.40. The lowest BCUT2D eigenvalue weighted by Gasteiger charge is -2.47. The van der Waals surface area contributed by atoms with Gasteiger partial charge in [-0.25, -0.2) is 0 Å². The highest BCUT2D eigenvalue weighted by Gasteiger charge is 2.41. The third-order valence-corrected chi connectivity index (χ3v) is 6.37. The summed E-state index contributed by atoms with van der Waals surface area (Å²) in [5.74, 6) is -0.355. The lowest BCUT2D eigenvalue weighted by molar-refractivity contribution is -0.142. The largest absolute Gasteiger partial charge is 0.368 e. The van der Waals surface area contributed by atoms with Gasteiger partial charge in [0, 0.05) is 38.3 Å². The SMILES string of the molecule is Cn1ccc2ccc(CN3CCC4(CCC(=O)N(CC(N)=O)C4)CC3)cc21. The Morgan fingerprint density at radius 2 is 1.96 bits per heavy atom. The number of fused-ring (bicyclic) bond motifs is 1. The van der Waals surface area contributed by atoms with Crippen molar-refractivity contribution in [2.75, 3.05) is 26.2 Å². The van der Waals surface area contributed by atoms with Gasteiger partial charge in [0.15, 0.2) is 0 Å². The van der Waals surface area contributed by atoms with Crippen LogP contribution in [0.25, 0.3) is 10.9 Å². The number of amides is 2. The van der Waals surface area contributed by atoms with Crippen LogP contribution in [0.2, 0.25) is 0 Å². The summed E-state index contributed by atoms with van der Waals surface area (Å²) >= 11 is 0. The van der Waals surface area contributed by atoms with E-state index in [-0.39, 0.29) is 17.9 Å². The van der Waals surface area contributed by atoms with Crippen molar-refractivity contribution in [1.29, 1.82) is 0 Å². The van der Waals surface area contributed by atoms with E-state index in [1.54, 1.807) is 4.90 Å². The zero-order valence-electron chi connectivity index (χ0n) is 16.0. The minimum Gasteiger partial charge on any atom is -0.368 e. The van der Waals surface area contributed by atoms with Crippen molar-refractivity contribution in [2.45, 2.75) is 32.2 Å². The number of hydrogen-bond acceptors (Lipinski definition) is 3. The van der Waals surface area contributed by atoms with Gasteiger partial charge in [-0.15, -0.1) is 0 Å². The summed E-state index contributed by atoms with van der Waals surface area (Å²) in [5, 5.41) is 1.28. The van der Waals surface area contributed by atoms with Gasteiger partial charge in [-0.2, -0.15) is 0 Å². The molecule has 0 saturated carbocycles. The van der Waals surface area contributed by atoms with E-state index in [1.165, 1.54) is 16.5 Å². The first-order valence-electron chi connectivity index (χ1n) is 9.77. The van der Waals surface area contributed by atoms with E-state index >= 15 is 0 Å². The predicted octanol–water partition coefficient (Wildman–Crippen LogP) is 1.87. The first-order chi connectivity index (χ1) is 12.9. The number of nitrogens with two attached hydrogens (primary N) is 1. The van der Waals surface area contributed by atoms with Crippen LogP contribution >= 0.6 is 0 Å². The van der Waals surface area contributed by atoms with Crippen molar-refractivity contribution >= 4 is 22.7 Å². The molecule has 2 saturated heterocycles. The third-order valence-electron chi connectivity index (χ3n) is 6.37. The van der Waals surface area contributed by atoms with Crippen LogP contribution in [0.3, 0.4) is 0 Å². The Balaban J connectivity index is 1.38. The van der Waals surface area contributed by atoms with Crippen LogP contribution < -0.4 is 5.73 Å². The Morgan fingerprint density at radius 1 is 1.19 bits per heavy atom. The molecule has 1 spiro atoms. The molecule has 0 unspecified atom stereocenters. The number of likely N-dealkylation sites (tertiary alicyclic amines) is 2. The van der Waals surface area contributed by atoms with E-state index in [1.807, 2.05) is 0 Å². The number of aromatic nitrogens is 1. The van der Waals surface area contributed by atoms with E-state index in [9.17, 15) is 9.59 Å². The first-order valence-corrected chi connectivity index (χ1v) is 9.77. The second-order valence-corrected chi connectivity index (χ2v) is 8.31. The number of primary amides is 1. The zero-order chi connectivity index (χ0) is 19.0. The molecule has 27 heavy (non-hydrogen) atoms. The Labute approximate surface area is 159 Å². The molecule has 2 aliphatic heterocycles. The Bertz CT molecular complexity index is 864. The highest BCUT2D eigenvalue weighted by molar-refractivity contribution is 5.84. The number of benzene rings is 1. The van der Waals surface area contributed by atoms with Crippen molar-refractivity contribution in [3.63, 3.8) is 0 Å². The second-order valence-electron chi connectivity index (χ2n) is 8.31. The molecule has 2 aromatic rings. The number of carbonyl (C=O) groups excluding carboxylic acids is 2. The van der Waals surface area contributed by atoms with Gasteiger partial charge in [-0.05, 0) is 60.8 Å². The Morgan fingerprint density at radius 3 is 2.70 bits per heavy atom. The van der Waals surface area contributed by atoms with Crippen LogP contribution in [0.15, 0.2) is 30.5 Å². The molecule has 6 heteroatoms. The molecule has 1 aromatic carbocycles. The minimum atomic E-state index is -0.422. The maximum Gasteiger partial charge on any atom is 0.237 e. The molecule has 4 rings (SSSR count). The number of aryl methyl sites for hydroxylation is 1. The van der Waals surface area contributed by atoms with E-state index in [0.29, 0.717) is 13.0 Å². The highest BCUT2D eigenvalue weighted by atomic mass is 16.2. The quantitative estimate of drug-likeness (QED) is 0.895. The molecule has 1 aromatic heterocycles. The molecule has 144 valence electrons. The lowest BCUT2D eigenvalue weighted by Crippen LogP contribution is -2.53. The van der Waals surface area contributed by atoms with E-state index in [2.05, 4.69) is 47.0 Å². The first kappa shape index (κ1) is 18.0. The minimum absolute atomic E-state index is 0.0565. The molecule has 0 bridgehead atoms. The van der Waals surface area contributed by atoms with Crippen molar-refractivity contribution in [3.05, 3.63) is 36.0 Å². The summed E-state index contributed by atoms with van der Waals surface area (Å²) in [5.41, 5.74) is 8.08. The molecule has 0 atom stereocenters. The molecule has 0 aliphatic carbocycles. The summed E-state index contributed by atoms with van der Waals surface area (Å²) in [6.07, 6.45) is 5.72. The van der Waals surface area contributed by atoms with Gasteiger partial charge >= 0.3 is 0 Å². The standard InChI is InChI=1S/C21H28N4O2/c1-23-9-5-17-3-2-16(12-18(17)23)13-24-10-7-21(8-11-24)6-4-20(27)25(15-21)14-19(22)26/h2-3,5,9,12H,4,6-8,10-11,13-15H2,1H3,(H2,22,26). The maximum absolute atomic E-state index is 12.1. The number of carbonyl (C=O) groups is 2. The van der Waals surface area contributed by atoms with Gasteiger partial charge in [-0.3, -0.25) is 14.5 Å². The fourth-order valence-corrected chi connectivity index (χ4v) is 4.69. The molecule has 2 N–H and O–H groups in total. The van der Waals surface area contributed by atoms with E-state index in [0.717, 1.165) is 38.9 Å². The van der Waals surface area contributed by atoms with Crippen molar-refractivity contribution in [2.24, 2.45) is 18.2 Å². The topological polar surface area (TPSA) is 71.6 Å². The maximum atomic E-state index is 12.1. The van der Waals surface area contributed by atoms with Crippen molar-refractivity contribution < 1.29 is 9.59 Å². The van der Waals surface area contributed by atoms with Crippen LogP contribution in [-0.4, -0.2) is 52.4 Å². The fourth-order valence-electron chi connectivity index (χ4n) is 4.69. The summed E-state index contributed by atoms with van der Waals surface area (Å²) in [7, 11) is 2.08. The van der Waals surface area contributed by atoms with Gasteiger partial charge in [0.25, 0.3) is 0 Å². The van der Waals surface area contributed by atoms with Crippen molar-refractivity contribution in [1.82, 2.24) is 14.4 Å². The molecular formula is C21H28N4O2. The summed E-state index contributed by atoms with van der Waals surface area (Å²) in [6.45, 7) is 3.76. The lowest BCUT2D eigenvalue weighted by atomic mass is 9.72. The van der Waals surface area contributed by atoms with Crippen LogP contribution in [0.5, 0.6) is 0 Å². The number of nitrogens with zero attached hydrogens (tertiary/aromatic N) is 3. The normalized spacial score (nSPS) is 20.5. The molecule has 6 nitrogen and oxygen atoms in total. The average Bonchev–Trinajstić information content (AvgIpc) is 3.01. The zero-order valence-corrected chi connectivity index (χ0v) is 16.0. The number of piperidine rings is 2. The molecular weight excluding hydrogens is 340 g/mol. The fraction of sp³-hybridized carbons (Fsp3) is 0.524. The van der Waals surface area contributed by atoms with Crippen LogP contribution in [0.4, 0.5) is 0 Å². The van der Waals surface area contributed by atoms with Crippen molar-refractivity contribution in [3.8, 4) is 0 Å². The van der Waals surface area contributed by atoms with Gasteiger partial charge in [0.1, 0.15) is 0 Å². The van der Waals surface area contributed by atoms with Gasteiger partial charge in [-0.1, -0.05) is 12.1 Å². The number of rotatable bonds is 4. The summed E-state index contributed by atoms with van der Waals surface area (Å²) in [6, 6.07) is 8.85. The molecule has 3 heterocycles. The molecule has 2 fully saturated rings. The van der Waals surface area contributed by atoms with Crippen LogP contribution in [-0.2, 0) is 23.2 Å². The van der Waals surface area contributed by atoms with Crippen LogP contribution in [0.1, 0.15) is 31.2 Å².